The summed E-state index contributed by atoms with van der Waals surface area (Å²) in [5.41, 5.74) is 0. The van der Waals surface area contributed by atoms with E-state index in [9.17, 15) is 0 Å². The zero-order chi connectivity index (χ0) is 15.4. The van der Waals surface area contributed by atoms with Crippen LogP contribution in [0.4, 0.5) is 5.95 Å². The number of halogens is 1. The molecule has 0 N–H and O–H groups in total. The Hall–Kier alpha value is -1.10. The Morgan fingerprint density at radius 3 is 2.38 bits per heavy atom. The van der Waals surface area contributed by atoms with Crippen molar-refractivity contribution in [1.82, 2.24) is 15.0 Å². The van der Waals surface area contributed by atoms with Crippen LogP contribution in [0.2, 0.25) is 5.28 Å². The average molecular weight is 313 g/mol. The summed E-state index contributed by atoms with van der Waals surface area (Å²) in [5, 5.41) is 0.197. The lowest BCUT2D eigenvalue weighted by Gasteiger charge is -2.30. The lowest BCUT2D eigenvalue weighted by Crippen LogP contribution is -2.37. The van der Waals surface area contributed by atoms with Gasteiger partial charge < -0.3 is 9.64 Å². The Morgan fingerprint density at radius 2 is 1.81 bits per heavy atom. The van der Waals surface area contributed by atoms with E-state index in [1.165, 1.54) is 25.7 Å². The van der Waals surface area contributed by atoms with Crippen molar-refractivity contribution in [2.24, 2.45) is 5.92 Å². The molecule has 6 heteroatoms. The van der Waals surface area contributed by atoms with Gasteiger partial charge in [0.05, 0.1) is 6.10 Å². The lowest BCUT2D eigenvalue weighted by molar-refractivity contribution is 0.221. The first-order chi connectivity index (χ1) is 9.95. The van der Waals surface area contributed by atoms with Gasteiger partial charge in [0.2, 0.25) is 11.2 Å². The maximum absolute atomic E-state index is 6.05. The number of hydrogen-bond donors (Lipinski definition) is 0. The summed E-state index contributed by atoms with van der Waals surface area (Å²) in [6, 6.07) is 0.810. The first-order valence-electron chi connectivity index (χ1n) is 7.80. The van der Waals surface area contributed by atoms with Crippen LogP contribution in [-0.4, -0.2) is 33.6 Å². The molecule has 2 rings (SSSR count). The van der Waals surface area contributed by atoms with Crippen LogP contribution in [0.1, 0.15) is 53.4 Å². The predicted molar refractivity (Wildman–Crippen MR) is 85.0 cm³/mol. The van der Waals surface area contributed by atoms with Gasteiger partial charge in [0.1, 0.15) is 0 Å². The quantitative estimate of drug-likeness (QED) is 0.801. The van der Waals surface area contributed by atoms with Gasteiger partial charge in [-0.25, -0.2) is 0 Å². The second-order valence-corrected chi connectivity index (χ2v) is 6.68. The molecular weight excluding hydrogens is 288 g/mol. The predicted octanol–water partition coefficient (Wildman–Crippen LogP) is 3.72. The molecule has 1 aromatic heterocycles. The number of nitrogens with zero attached hydrogens (tertiary/aromatic N) is 4. The van der Waals surface area contributed by atoms with Gasteiger partial charge in [0.15, 0.2) is 0 Å². The van der Waals surface area contributed by atoms with Gasteiger partial charge in [-0.2, -0.15) is 15.0 Å². The smallest absolute Gasteiger partial charge is 0.322 e. The fourth-order valence-corrected chi connectivity index (χ4v) is 2.87. The third-order valence-electron chi connectivity index (χ3n) is 3.50. The van der Waals surface area contributed by atoms with Crippen molar-refractivity contribution in [3.05, 3.63) is 5.28 Å². The van der Waals surface area contributed by atoms with Crippen LogP contribution in [0.5, 0.6) is 6.01 Å². The first-order valence-corrected chi connectivity index (χ1v) is 8.18. The van der Waals surface area contributed by atoms with Crippen molar-refractivity contribution in [3.63, 3.8) is 0 Å². The molecule has 118 valence electrons. The van der Waals surface area contributed by atoms with Gasteiger partial charge in [0, 0.05) is 12.6 Å². The maximum Gasteiger partial charge on any atom is 0.322 e. The Balaban J connectivity index is 2.27. The molecule has 1 saturated carbocycles. The third kappa shape index (κ3) is 4.70. The Morgan fingerprint density at radius 1 is 1.14 bits per heavy atom. The normalized spacial score (nSPS) is 16.0. The van der Waals surface area contributed by atoms with E-state index in [0.29, 0.717) is 23.9 Å². The van der Waals surface area contributed by atoms with Gasteiger partial charge in [-0.3, -0.25) is 0 Å². The van der Waals surface area contributed by atoms with Crippen LogP contribution >= 0.6 is 11.6 Å². The topological polar surface area (TPSA) is 51.1 Å². The van der Waals surface area contributed by atoms with Gasteiger partial charge in [-0.15, -0.1) is 0 Å². The zero-order valence-electron chi connectivity index (χ0n) is 13.3. The fraction of sp³-hybridized carbons (Fsp3) is 0.800. The summed E-state index contributed by atoms with van der Waals surface area (Å²) in [4.78, 5) is 15.1. The minimum atomic E-state index is 0.0151. The molecule has 0 spiro atoms. The summed E-state index contributed by atoms with van der Waals surface area (Å²) >= 11 is 6.05. The molecule has 1 aromatic rings. The minimum absolute atomic E-state index is 0.0151. The average Bonchev–Trinajstić information content (AvgIpc) is 2.87. The molecule has 0 radical (unpaired) electrons. The molecule has 1 aliphatic rings. The van der Waals surface area contributed by atoms with Crippen molar-refractivity contribution in [2.75, 3.05) is 11.4 Å². The van der Waals surface area contributed by atoms with Crippen LogP contribution in [0.3, 0.4) is 0 Å². The number of hydrogen-bond acceptors (Lipinski definition) is 5. The van der Waals surface area contributed by atoms with Gasteiger partial charge in [-0.05, 0) is 44.2 Å². The SMILES string of the molecule is CC(C)CN(c1nc(Cl)nc(OC(C)C)n1)C1CCCC1. The van der Waals surface area contributed by atoms with Crippen LogP contribution in [0, 0.1) is 5.92 Å². The third-order valence-corrected chi connectivity index (χ3v) is 3.67. The Kier molecular flexibility index (Phi) is 5.62. The molecule has 0 amide bonds. The molecule has 0 unspecified atom stereocenters. The van der Waals surface area contributed by atoms with E-state index in [-0.39, 0.29) is 11.4 Å². The monoisotopic (exact) mass is 312 g/mol. The van der Waals surface area contributed by atoms with Crippen molar-refractivity contribution in [2.45, 2.75) is 65.5 Å². The summed E-state index contributed by atoms with van der Waals surface area (Å²) in [6.45, 7) is 9.22. The van der Waals surface area contributed by atoms with E-state index < -0.39 is 0 Å². The molecule has 0 aromatic carbocycles. The standard InChI is InChI=1S/C15H25ClN4O/c1-10(2)9-20(12-7-5-6-8-12)14-17-13(16)18-15(19-14)21-11(3)4/h10-12H,5-9H2,1-4H3. The summed E-state index contributed by atoms with van der Waals surface area (Å²) < 4.78 is 5.58. The van der Waals surface area contributed by atoms with E-state index in [2.05, 4.69) is 33.7 Å². The summed E-state index contributed by atoms with van der Waals surface area (Å²) in [5.74, 6) is 1.18. The van der Waals surface area contributed by atoms with Crippen LogP contribution in [0.15, 0.2) is 0 Å². The highest BCUT2D eigenvalue weighted by Crippen LogP contribution is 2.28. The van der Waals surface area contributed by atoms with Crippen molar-refractivity contribution in [1.29, 1.82) is 0 Å². The van der Waals surface area contributed by atoms with Gasteiger partial charge in [-0.1, -0.05) is 26.7 Å². The van der Waals surface area contributed by atoms with E-state index in [0.717, 1.165) is 6.54 Å². The number of ether oxygens (including phenoxy) is 1. The molecule has 21 heavy (non-hydrogen) atoms. The molecule has 1 fully saturated rings. The Bertz CT molecular complexity index is 461. The zero-order valence-corrected chi connectivity index (χ0v) is 14.1. The van der Waals surface area contributed by atoms with Crippen molar-refractivity contribution >= 4 is 17.5 Å². The molecule has 0 saturated heterocycles. The van der Waals surface area contributed by atoms with Crippen molar-refractivity contribution < 1.29 is 4.74 Å². The molecule has 1 aliphatic carbocycles. The molecule has 1 heterocycles. The van der Waals surface area contributed by atoms with Gasteiger partial charge in [0.25, 0.3) is 0 Å². The first kappa shape index (κ1) is 16.3. The second-order valence-electron chi connectivity index (χ2n) is 6.34. The van der Waals surface area contributed by atoms with Crippen LogP contribution in [-0.2, 0) is 0 Å². The van der Waals surface area contributed by atoms with Gasteiger partial charge >= 0.3 is 6.01 Å². The van der Waals surface area contributed by atoms with E-state index in [1.807, 2.05) is 13.8 Å². The summed E-state index contributed by atoms with van der Waals surface area (Å²) in [7, 11) is 0. The molecule has 5 nitrogen and oxygen atoms in total. The largest absolute Gasteiger partial charge is 0.461 e. The molecule has 0 aliphatic heterocycles. The molecule has 0 bridgehead atoms. The van der Waals surface area contributed by atoms with Crippen LogP contribution < -0.4 is 9.64 Å². The second kappa shape index (κ2) is 7.25. The Labute approximate surface area is 132 Å². The molecule has 0 atom stereocenters. The molecular formula is C15H25ClN4O. The minimum Gasteiger partial charge on any atom is -0.461 e. The highest BCUT2D eigenvalue weighted by molar-refractivity contribution is 6.28. The summed E-state index contributed by atoms with van der Waals surface area (Å²) in [6.07, 6.45) is 4.94. The van der Waals surface area contributed by atoms with E-state index in [4.69, 9.17) is 16.3 Å². The van der Waals surface area contributed by atoms with E-state index in [1.54, 1.807) is 0 Å². The number of aromatic nitrogens is 3. The fourth-order valence-electron chi connectivity index (χ4n) is 2.72. The highest BCUT2D eigenvalue weighted by atomic mass is 35.5. The maximum atomic E-state index is 6.05. The van der Waals surface area contributed by atoms with Crippen LogP contribution in [0.25, 0.3) is 0 Å². The highest BCUT2D eigenvalue weighted by Gasteiger charge is 2.26. The number of rotatable bonds is 6. The lowest BCUT2D eigenvalue weighted by atomic mass is 10.1. The van der Waals surface area contributed by atoms with Crippen molar-refractivity contribution in [3.8, 4) is 6.01 Å². The number of anilines is 1. The van der Waals surface area contributed by atoms with E-state index >= 15 is 0 Å².